The van der Waals surface area contributed by atoms with Gasteiger partial charge in [0.2, 0.25) is 11.8 Å². The molecule has 0 aromatic heterocycles. The van der Waals surface area contributed by atoms with Crippen LogP contribution in [0.1, 0.15) is 52.4 Å². The summed E-state index contributed by atoms with van der Waals surface area (Å²) in [7, 11) is 1.21. The number of amides is 6. The first kappa shape index (κ1) is 28.6. The number of methoxy groups -OCH3 is 1. The number of hydrogen-bond acceptors (Lipinski definition) is 7. The Morgan fingerprint density at radius 2 is 1.65 bits per heavy atom. The van der Waals surface area contributed by atoms with Gasteiger partial charge in [0, 0.05) is 31.7 Å². The molecule has 1 heterocycles. The third kappa shape index (κ3) is 10.0. The molecule has 1 rings (SSSR count). The quantitative estimate of drug-likeness (QED) is 0.141. The zero-order valence-corrected chi connectivity index (χ0v) is 19.9. The van der Waals surface area contributed by atoms with Crippen LogP contribution in [0, 0.1) is 5.92 Å². The van der Waals surface area contributed by atoms with Crippen molar-refractivity contribution >= 4 is 35.6 Å². The molecule has 12 heteroatoms. The van der Waals surface area contributed by atoms with Crippen LogP contribution in [0.2, 0.25) is 0 Å². The number of urea groups is 1. The summed E-state index contributed by atoms with van der Waals surface area (Å²) in [5, 5.41) is 7.72. The Hall–Kier alpha value is -3.44. The first-order valence-electron chi connectivity index (χ1n) is 11.3. The maximum absolute atomic E-state index is 12.8. The molecule has 12 nitrogen and oxygen atoms in total. The minimum Gasteiger partial charge on any atom is -0.467 e. The number of hydrogen-bond donors (Lipinski definition) is 4. The number of nitrogens with two attached hydrogens (primary N) is 1. The minimum absolute atomic E-state index is 0.176. The summed E-state index contributed by atoms with van der Waals surface area (Å²) >= 11 is 0. The van der Waals surface area contributed by atoms with Gasteiger partial charge in [-0.1, -0.05) is 20.3 Å². The number of carbonyl (C=O) groups excluding carboxylic acids is 6. The highest BCUT2D eigenvalue weighted by atomic mass is 16.5. The van der Waals surface area contributed by atoms with E-state index in [0.29, 0.717) is 32.2 Å². The van der Waals surface area contributed by atoms with Crippen molar-refractivity contribution in [3.63, 3.8) is 0 Å². The number of rotatable bonds is 15. The van der Waals surface area contributed by atoms with Gasteiger partial charge >= 0.3 is 12.0 Å². The van der Waals surface area contributed by atoms with E-state index in [4.69, 9.17) is 10.5 Å². The maximum atomic E-state index is 12.8. The average Bonchev–Trinajstić information content (AvgIpc) is 3.10. The highest BCUT2D eigenvalue weighted by Gasteiger charge is 2.29. The van der Waals surface area contributed by atoms with E-state index in [1.165, 1.54) is 19.3 Å². The molecular weight excluding hydrogens is 446 g/mol. The molecule has 0 spiro atoms. The van der Waals surface area contributed by atoms with Crippen molar-refractivity contribution in [2.45, 2.75) is 64.5 Å². The summed E-state index contributed by atoms with van der Waals surface area (Å²) < 4.78 is 4.74. The molecule has 0 fully saturated rings. The second-order valence-electron chi connectivity index (χ2n) is 8.28. The van der Waals surface area contributed by atoms with E-state index in [-0.39, 0.29) is 43.0 Å². The fraction of sp³-hybridized carbons (Fsp3) is 0.636. The number of unbranched alkanes of at least 4 members (excludes halogenated alkanes) is 2. The monoisotopic (exact) mass is 481 g/mol. The molecule has 1 aliphatic heterocycles. The molecule has 6 amide bonds. The van der Waals surface area contributed by atoms with Crippen molar-refractivity contribution in [2.75, 3.05) is 20.2 Å². The molecule has 190 valence electrons. The van der Waals surface area contributed by atoms with Gasteiger partial charge in [0.25, 0.3) is 11.8 Å². The highest BCUT2D eigenvalue weighted by Crippen LogP contribution is 2.09. The van der Waals surface area contributed by atoms with Gasteiger partial charge in [-0.15, -0.1) is 0 Å². The zero-order chi connectivity index (χ0) is 25.7. The third-order valence-corrected chi connectivity index (χ3v) is 5.22. The number of ether oxygens (including phenoxy) is 1. The number of primary amides is 1. The van der Waals surface area contributed by atoms with Crippen molar-refractivity contribution in [2.24, 2.45) is 11.7 Å². The van der Waals surface area contributed by atoms with Gasteiger partial charge < -0.3 is 26.4 Å². The Kier molecular flexibility index (Phi) is 12.3. The molecule has 1 aliphatic rings. The number of nitrogens with zero attached hydrogens (tertiary/aromatic N) is 1. The Morgan fingerprint density at radius 1 is 1.00 bits per heavy atom. The Balaban J connectivity index is 2.48. The van der Waals surface area contributed by atoms with Gasteiger partial charge in [0.05, 0.1) is 7.11 Å². The molecule has 0 saturated carbocycles. The Morgan fingerprint density at radius 3 is 2.21 bits per heavy atom. The van der Waals surface area contributed by atoms with Crippen molar-refractivity contribution in [1.82, 2.24) is 20.9 Å². The molecule has 0 bridgehead atoms. The molecular formula is C22H35N5O7. The predicted octanol–water partition coefficient (Wildman–Crippen LogP) is -0.281. The van der Waals surface area contributed by atoms with Crippen LogP contribution in [-0.2, 0) is 28.7 Å². The first-order valence-corrected chi connectivity index (χ1v) is 11.3. The topological polar surface area (TPSA) is 177 Å². The lowest BCUT2D eigenvalue weighted by atomic mass is 10.0. The molecule has 2 atom stereocenters. The van der Waals surface area contributed by atoms with E-state index < -0.39 is 30.0 Å². The van der Waals surface area contributed by atoms with Crippen LogP contribution in [0.25, 0.3) is 0 Å². The summed E-state index contributed by atoms with van der Waals surface area (Å²) in [6.45, 7) is 4.08. The van der Waals surface area contributed by atoms with Gasteiger partial charge in [0.1, 0.15) is 12.1 Å². The van der Waals surface area contributed by atoms with E-state index in [9.17, 15) is 28.8 Å². The van der Waals surface area contributed by atoms with Crippen LogP contribution < -0.4 is 21.7 Å². The fourth-order valence-corrected chi connectivity index (χ4v) is 3.33. The van der Waals surface area contributed by atoms with Crippen LogP contribution in [0.3, 0.4) is 0 Å². The van der Waals surface area contributed by atoms with Crippen LogP contribution in [-0.4, -0.2) is 72.8 Å². The Bertz CT molecular complexity index is 779. The van der Waals surface area contributed by atoms with Crippen molar-refractivity contribution in [3.8, 4) is 0 Å². The lowest BCUT2D eigenvalue weighted by molar-refractivity contribution is -0.145. The number of esters is 1. The van der Waals surface area contributed by atoms with Crippen molar-refractivity contribution < 1.29 is 33.5 Å². The standard InChI is InChI=1S/C22H35N5O7/c1-14(2)19(20(31)25-15(21(32)34-3)8-7-12-24-22(23)33)26-16(28)9-5-4-6-13-27-17(29)10-11-18(27)30/h10-11,14-15,19H,4-9,12-13H2,1-3H3,(H,25,31)(H,26,28)(H3,23,24,33)/t15-,19-/m0/s1. The van der Waals surface area contributed by atoms with E-state index >= 15 is 0 Å². The molecule has 0 aromatic carbocycles. The molecule has 0 aromatic rings. The van der Waals surface area contributed by atoms with E-state index in [1.54, 1.807) is 13.8 Å². The lowest BCUT2D eigenvalue weighted by Gasteiger charge is -2.24. The SMILES string of the molecule is COC(=O)[C@H](CCCNC(N)=O)NC(=O)[C@@H](NC(=O)CCCCCN1C(=O)C=CC1=O)C(C)C. The largest absolute Gasteiger partial charge is 0.467 e. The molecule has 0 unspecified atom stereocenters. The zero-order valence-electron chi connectivity index (χ0n) is 19.9. The summed E-state index contributed by atoms with van der Waals surface area (Å²) in [5.74, 6) is -2.36. The summed E-state index contributed by atoms with van der Waals surface area (Å²) in [6, 6.07) is -2.47. The second kappa shape index (κ2) is 14.7. The minimum atomic E-state index is -0.934. The Labute approximate surface area is 199 Å². The van der Waals surface area contributed by atoms with Crippen LogP contribution in [0.4, 0.5) is 4.79 Å². The van der Waals surface area contributed by atoms with Gasteiger partial charge in [0.15, 0.2) is 0 Å². The number of nitrogens with one attached hydrogen (secondary N) is 3. The average molecular weight is 482 g/mol. The van der Waals surface area contributed by atoms with Crippen molar-refractivity contribution in [1.29, 1.82) is 0 Å². The summed E-state index contributed by atoms with van der Waals surface area (Å²) in [4.78, 5) is 72.1. The molecule has 0 saturated heterocycles. The second-order valence-corrected chi connectivity index (χ2v) is 8.28. The third-order valence-electron chi connectivity index (χ3n) is 5.22. The molecule has 34 heavy (non-hydrogen) atoms. The van der Waals surface area contributed by atoms with Gasteiger partial charge in [-0.2, -0.15) is 0 Å². The highest BCUT2D eigenvalue weighted by molar-refractivity contribution is 6.12. The first-order chi connectivity index (χ1) is 16.1. The number of carbonyl (C=O) groups is 6. The predicted molar refractivity (Wildman–Crippen MR) is 122 cm³/mol. The number of imide groups is 1. The van der Waals surface area contributed by atoms with Crippen LogP contribution in [0.5, 0.6) is 0 Å². The molecule has 0 aliphatic carbocycles. The smallest absolute Gasteiger partial charge is 0.328 e. The van der Waals surface area contributed by atoms with Gasteiger partial charge in [-0.25, -0.2) is 9.59 Å². The van der Waals surface area contributed by atoms with Crippen LogP contribution in [0.15, 0.2) is 12.2 Å². The molecule has 5 N–H and O–H groups in total. The van der Waals surface area contributed by atoms with Crippen molar-refractivity contribution in [3.05, 3.63) is 12.2 Å². The fourth-order valence-electron chi connectivity index (χ4n) is 3.33. The van der Waals surface area contributed by atoms with E-state index in [1.807, 2.05) is 0 Å². The normalized spacial score (nSPS) is 14.6. The summed E-state index contributed by atoms with van der Waals surface area (Å²) in [6.07, 6.45) is 4.97. The van der Waals surface area contributed by atoms with Gasteiger partial charge in [-0.05, 0) is 31.6 Å². The lowest BCUT2D eigenvalue weighted by Crippen LogP contribution is -2.54. The summed E-state index contributed by atoms with van der Waals surface area (Å²) in [5.41, 5.74) is 5.00. The maximum Gasteiger partial charge on any atom is 0.328 e. The van der Waals surface area contributed by atoms with Crippen LogP contribution >= 0.6 is 0 Å². The van der Waals surface area contributed by atoms with E-state index in [2.05, 4.69) is 16.0 Å². The van der Waals surface area contributed by atoms with E-state index in [0.717, 1.165) is 4.90 Å². The molecule has 0 radical (unpaired) electrons. The van der Waals surface area contributed by atoms with Gasteiger partial charge in [-0.3, -0.25) is 24.1 Å².